The van der Waals surface area contributed by atoms with Gasteiger partial charge in [-0.1, -0.05) is 12.1 Å². The van der Waals surface area contributed by atoms with Gasteiger partial charge in [0.1, 0.15) is 11.4 Å². The lowest BCUT2D eigenvalue weighted by atomic mass is 10.0. The van der Waals surface area contributed by atoms with Crippen molar-refractivity contribution in [1.29, 1.82) is 0 Å². The molecule has 0 radical (unpaired) electrons. The second-order valence-corrected chi connectivity index (χ2v) is 6.11. The quantitative estimate of drug-likeness (QED) is 0.905. The number of benzene rings is 1. The minimum Gasteiger partial charge on any atom is -0.444 e. The Hall–Kier alpha value is -1.62. The van der Waals surface area contributed by atoms with Crippen LogP contribution in [0.4, 0.5) is 9.18 Å². The van der Waals surface area contributed by atoms with Gasteiger partial charge in [0.25, 0.3) is 0 Å². The molecule has 0 saturated carbocycles. The first-order chi connectivity index (χ1) is 9.69. The van der Waals surface area contributed by atoms with Crippen LogP contribution >= 0.6 is 0 Å². The Labute approximate surface area is 125 Å². The van der Waals surface area contributed by atoms with Crippen LogP contribution in [-0.2, 0) is 4.74 Å². The molecule has 0 aliphatic carbocycles. The van der Waals surface area contributed by atoms with E-state index in [1.54, 1.807) is 19.2 Å². The summed E-state index contributed by atoms with van der Waals surface area (Å²) in [5, 5.41) is 9.99. The lowest BCUT2D eigenvalue weighted by Crippen LogP contribution is -2.34. The van der Waals surface area contributed by atoms with E-state index in [1.165, 1.54) is 17.0 Å². The second kappa shape index (κ2) is 7.41. The monoisotopic (exact) mass is 297 g/mol. The molecule has 1 aromatic carbocycles. The number of halogens is 1. The zero-order chi connectivity index (χ0) is 16.0. The van der Waals surface area contributed by atoms with E-state index in [9.17, 15) is 14.3 Å². The van der Waals surface area contributed by atoms with Crippen LogP contribution in [-0.4, -0.2) is 35.3 Å². The standard InChI is InChI=1S/C16H24FNO3/c1-16(2,3)21-15(20)18(4)11-5-6-14(19)12-7-9-13(17)10-8-12/h7-10,14,19H,5-6,11H2,1-4H3. The summed E-state index contributed by atoms with van der Waals surface area (Å²) >= 11 is 0. The molecule has 1 unspecified atom stereocenters. The van der Waals surface area contributed by atoms with Crippen LogP contribution in [0.1, 0.15) is 45.3 Å². The average molecular weight is 297 g/mol. The largest absolute Gasteiger partial charge is 0.444 e. The third-order valence-corrected chi connectivity index (χ3v) is 2.93. The lowest BCUT2D eigenvalue weighted by Gasteiger charge is -2.24. The Kier molecular flexibility index (Phi) is 6.15. The highest BCUT2D eigenvalue weighted by Crippen LogP contribution is 2.19. The molecule has 0 aromatic heterocycles. The van der Waals surface area contributed by atoms with Crippen molar-refractivity contribution in [2.45, 2.75) is 45.3 Å². The van der Waals surface area contributed by atoms with Crippen LogP contribution in [0.15, 0.2) is 24.3 Å². The fourth-order valence-electron chi connectivity index (χ4n) is 1.80. The Morgan fingerprint density at radius 2 is 1.90 bits per heavy atom. The number of aliphatic hydroxyl groups is 1. The molecule has 0 spiro atoms. The molecule has 0 bridgehead atoms. The Morgan fingerprint density at radius 1 is 1.33 bits per heavy atom. The normalized spacial score (nSPS) is 12.9. The molecular formula is C16H24FNO3. The van der Waals surface area contributed by atoms with Gasteiger partial charge < -0.3 is 14.7 Å². The minimum absolute atomic E-state index is 0.324. The summed E-state index contributed by atoms with van der Waals surface area (Å²) < 4.78 is 18.0. The van der Waals surface area contributed by atoms with Crippen molar-refractivity contribution in [2.75, 3.05) is 13.6 Å². The van der Waals surface area contributed by atoms with Gasteiger partial charge in [-0.2, -0.15) is 0 Å². The van der Waals surface area contributed by atoms with Gasteiger partial charge in [0.2, 0.25) is 0 Å². The number of carbonyl (C=O) groups excluding carboxylic acids is 1. The highest BCUT2D eigenvalue weighted by molar-refractivity contribution is 5.67. The van der Waals surface area contributed by atoms with Gasteiger partial charge in [0, 0.05) is 13.6 Å². The number of carbonyl (C=O) groups is 1. The van der Waals surface area contributed by atoms with Crippen LogP contribution < -0.4 is 0 Å². The van der Waals surface area contributed by atoms with Crippen LogP contribution in [0.2, 0.25) is 0 Å². The fourth-order valence-corrected chi connectivity index (χ4v) is 1.80. The number of hydrogen-bond donors (Lipinski definition) is 1. The zero-order valence-electron chi connectivity index (χ0n) is 13.1. The molecule has 0 heterocycles. The van der Waals surface area contributed by atoms with Crippen molar-refractivity contribution >= 4 is 6.09 Å². The molecule has 0 aliphatic heterocycles. The van der Waals surface area contributed by atoms with Gasteiger partial charge in [-0.25, -0.2) is 9.18 Å². The molecule has 5 heteroatoms. The van der Waals surface area contributed by atoms with Gasteiger partial charge in [-0.05, 0) is 51.3 Å². The molecule has 0 aliphatic rings. The molecule has 4 nitrogen and oxygen atoms in total. The maximum Gasteiger partial charge on any atom is 0.410 e. The molecule has 1 N–H and O–H groups in total. The van der Waals surface area contributed by atoms with Crippen molar-refractivity contribution in [3.05, 3.63) is 35.6 Å². The summed E-state index contributed by atoms with van der Waals surface area (Å²) in [5.41, 5.74) is 0.162. The predicted octanol–water partition coefficient (Wildman–Crippen LogP) is 3.51. The summed E-state index contributed by atoms with van der Waals surface area (Å²) in [7, 11) is 1.67. The first kappa shape index (κ1) is 17.4. The third kappa shape index (κ3) is 6.58. The summed E-state index contributed by atoms with van der Waals surface area (Å²) in [5.74, 6) is -0.324. The highest BCUT2D eigenvalue weighted by atomic mass is 19.1. The number of ether oxygens (including phenoxy) is 1. The Balaban J connectivity index is 2.35. The SMILES string of the molecule is CN(CCCC(O)c1ccc(F)cc1)C(=O)OC(C)(C)C. The highest BCUT2D eigenvalue weighted by Gasteiger charge is 2.19. The van der Waals surface area contributed by atoms with E-state index in [1.807, 2.05) is 20.8 Å². The summed E-state index contributed by atoms with van der Waals surface area (Å²) in [4.78, 5) is 13.2. The molecule has 1 aromatic rings. The van der Waals surface area contributed by atoms with E-state index in [0.717, 1.165) is 0 Å². The third-order valence-electron chi connectivity index (χ3n) is 2.93. The van der Waals surface area contributed by atoms with E-state index in [0.29, 0.717) is 24.9 Å². The van der Waals surface area contributed by atoms with Gasteiger partial charge in [-0.3, -0.25) is 0 Å². The van der Waals surface area contributed by atoms with Crippen LogP contribution in [0.3, 0.4) is 0 Å². The molecule has 1 rings (SSSR count). The minimum atomic E-state index is -0.655. The summed E-state index contributed by atoms with van der Waals surface area (Å²) in [6.07, 6.45) is 0.101. The molecule has 0 saturated heterocycles. The van der Waals surface area contributed by atoms with E-state index >= 15 is 0 Å². The first-order valence-corrected chi connectivity index (χ1v) is 7.06. The number of hydrogen-bond acceptors (Lipinski definition) is 3. The van der Waals surface area contributed by atoms with Crippen molar-refractivity contribution in [1.82, 2.24) is 4.90 Å². The molecule has 1 atom stereocenters. The van der Waals surface area contributed by atoms with Gasteiger partial charge >= 0.3 is 6.09 Å². The smallest absolute Gasteiger partial charge is 0.410 e. The maximum absolute atomic E-state index is 12.8. The number of aliphatic hydroxyl groups excluding tert-OH is 1. The van der Waals surface area contributed by atoms with Crippen LogP contribution in [0.5, 0.6) is 0 Å². The molecular weight excluding hydrogens is 273 g/mol. The lowest BCUT2D eigenvalue weighted by molar-refractivity contribution is 0.0289. The predicted molar refractivity (Wildman–Crippen MR) is 79.5 cm³/mol. The Morgan fingerprint density at radius 3 is 2.43 bits per heavy atom. The summed E-state index contributed by atoms with van der Waals surface area (Å²) in [6.45, 7) is 5.94. The van der Waals surface area contributed by atoms with Crippen molar-refractivity contribution in [2.24, 2.45) is 0 Å². The molecule has 0 fully saturated rings. The van der Waals surface area contributed by atoms with Crippen molar-refractivity contribution in [3.8, 4) is 0 Å². The first-order valence-electron chi connectivity index (χ1n) is 7.06. The fraction of sp³-hybridized carbons (Fsp3) is 0.562. The molecule has 118 valence electrons. The topological polar surface area (TPSA) is 49.8 Å². The Bertz CT molecular complexity index is 454. The van der Waals surface area contributed by atoms with E-state index < -0.39 is 11.7 Å². The van der Waals surface area contributed by atoms with Crippen LogP contribution in [0, 0.1) is 5.82 Å². The molecule has 1 amide bonds. The number of rotatable bonds is 5. The van der Waals surface area contributed by atoms with Gasteiger partial charge in [0.15, 0.2) is 0 Å². The zero-order valence-corrected chi connectivity index (χ0v) is 13.1. The van der Waals surface area contributed by atoms with Crippen molar-refractivity contribution < 1.29 is 19.0 Å². The average Bonchev–Trinajstić information content (AvgIpc) is 2.37. The van der Waals surface area contributed by atoms with Crippen LogP contribution in [0.25, 0.3) is 0 Å². The number of amides is 1. The van der Waals surface area contributed by atoms with Gasteiger partial charge in [-0.15, -0.1) is 0 Å². The molecule has 21 heavy (non-hydrogen) atoms. The van der Waals surface area contributed by atoms with E-state index in [-0.39, 0.29) is 11.9 Å². The van der Waals surface area contributed by atoms with E-state index in [2.05, 4.69) is 0 Å². The maximum atomic E-state index is 12.8. The van der Waals surface area contributed by atoms with E-state index in [4.69, 9.17) is 4.74 Å². The summed E-state index contributed by atoms with van der Waals surface area (Å²) in [6, 6.07) is 5.78. The van der Waals surface area contributed by atoms with Crippen molar-refractivity contribution in [3.63, 3.8) is 0 Å². The number of nitrogens with zero attached hydrogens (tertiary/aromatic N) is 1. The second-order valence-electron chi connectivity index (χ2n) is 6.11. The van der Waals surface area contributed by atoms with Gasteiger partial charge in [0.05, 0.1) is 6.10 Å².